The fourth-order valence-corrected chi connectivity index (χ4v) is 6.31. The van der Waals surface area contributed by atoms with Crippen molar-refractivity contribution in [3.63, 3.8) is 0 Å². The lowest BCUT2D eigenvalue weighted by Gasteiger charge is -2.38. The van der Waals surface area contributed by atoms with Gasteiger partial charge in [-0.25, -0.2) is 14.6 Å². The fourth-order valence-electron chi connectivity index (χ4n) is 6.15. The molecule has 3 aromatic heterocycles. The van der Waals surface area contributed by atoms with Crippen molar-refractivity contribution in [1.29, 1.82) is 0 Å². The molecular weight excluding hydrogens is 636 g/mol. The minimum Gasteiger partial charge on any atom is -0.487 e. The number of benzene rings is 1. The maximum Gasteiger partial charge on any atom is 0.256 e. The number of aromatic nitrogens is 8. The summed E-state index contributed by atoms with van der Waals surface area (Å²) in [6.45, 7) is 11.3. The Morgan fingerprint density at radius 1 is 1.00 bits per heavy atom. The van der Waals surface area contributed by atoms with Crippen LogP contribution in [0.3, 0.4) is 0 Å². The van der Waals surface area contributed by atoms with Gasteiger partial charge in [-0.05, 0) is 74.6 Å². The largest absolute Gasteiger partial charge is 0.487 e. The summed E-state index contributed by atoms with van der Waals surface area (Å²) in [4.78, 5) is 11.8. The first-order valence-electron chi connectivity index (χ1n) is 16.8. The summed E-state index contributed by atoms with van der Waals surface area (Å²) in [6.07, 6.45) is 12.3. The molecule has 2 aliphatic rings. The Kier molecular flexibility index (Phi) is 11.7. The predicted octanol–water partition coefficient (Wildman–Crippen LogP) is 5.20. The van der Waals surface area contributed by atoms with Crippen LogP contribution in [0.5, 0.6) is 11.6 Å². The number of halogens is 1. The summed E-state index contributed by atoms with van der Waals surface area (Å²) in [7, 11) is 0. The molecule has 1 saturated heterocycles. The standard InChI is InChI=1S/C33H45ClN10O4/c1-23(2)46-13-4-14-47-32-30(21-44(39-32)28-8-6-27(7-9-28)42-11-15-45-16-12-42)38-33-35-18-26(19-36-33)25-5-10-29(34)31(17-25)48-24(3)20-43-22-37-40-41-43/h5,10,17-19,21-24,27-28H,4,6-9,11-16,20H2,1-3H3,(H,35,36,38). The normalized spacial score (nSPS) is 19.4. The van der Waals surface area contributed by atoms with Crippen molar-refractivity contribution in [1.82, 2.24) is 44.9 Å². The van der Waals surface area contributed by atoms with Crippen molar-refractivity contribution in [2.45, 2.75) is 83.7 Å². The molecule has 1 N–H and O–H groups in total. The summed E-state index contributed by atoms with van der Waals surface area (Å²) in [5.74, 6) is 1.55. The second-order valence-electron chi connectivity index (χ2n) is 12.6. The number of hydrogen-bond donors (Lipinski definition) is 1. The summed E-state index contributed by atoms with van der Waals surface area (Å²) >= 11 is 6.46. The third kappa shape index (κ3) is 9.19. The van der Waals surface area contributed by atoms with Gasteiger partial charge in [0.2, 0.25) is 5.95 Å². The topological polar surface area (TPSA) is 139 Å². The van der Waals surface area contributed by atoms with E-state index in [2.05, 4.69) is 40.4 Å². The highest BCUT2D eigenvalue weighted by Gasteiger charge is 2.29. The van der Waals surface area contributed by atoms with Gasteiger partial charge in [-0.3, -0.25) is 9.58 Å². The highest BCUT2D eigenvalue weighted by molar-refractivity contribution is 6.32. The van der Waals surface area contributed by atoms with Crippen LogP contribution in [-0.2, 0) is 16.0 Å². The van der Waals surface area contributed by atoms with Crippen LogP contribution in [0.15, 0.2) is 43.1 Å². The van der Waals surface area contributed by atoms with E-state index in [1.165, 1.54) is 0 Å². The molecule has 0 bridgehead atoms. The van der Waals surface area contributed by atoms with Gasteiger partial charge < -0.3 is 24.3 Å². The number of ether oxygens (including phenoxy) is 4. The average Bonchev–Trinajstić information content (AvgIpc) is 3.76. The van der Waals surface area contributed by atoms with Crippen LogP contribution in [0.25, 0.3) is 11.1 Å². The van der Waals surface area contributed by atoms with E-state index in [1.54, 1.807) is 29.5 Å². The van der Waals surface area contributed by atoms with Gasteiger partial charge in [0.1, 0.15) is 23.9 Å². The first-order chi connectivity index (χ1) is 23.4. The molecule has 1 aliphatic carbocycles. The van der Waals surface area contributed by atoms with Crippen molar-refractivity contribution < 1.29 is 18.9 Å². The van der Waals surface area contributed by atoms with Crippen molar-refractivity contribution in [2.75, 3.05) is 44.8 Å². The van der Waals surface area contributed by atoms with Gasteiger partial charge in [-0.2, -0.15) is 0 Å². The highest BCUT2D eigenvalue weighted by Crippen LogP contribution is 2.35. The van der Waals surface area contributed by atoms with Gasteiger partial charge in [-0.15, -0.1) is 10.2 Å². The highest BCUT2D eigenvalue weighted by atomic mass is 35.5. The van der Waals surface area contributed by atoms with Gasteiger partial charge >= 0.3 is 0 Å². The van der Waals surface area contributed by atoms with E-state index in [9.17, 15) is 0 Å². The van der Waals surface area contributed by atoms with Gasteiger partial charge in [-0.1, -0.05) is 17.7 Å². The Balaban J connectivity index is 1.11. The van der Waals surface area contributed by atoms with E-state index < -0.39 is 0 Å². The third-order valence-electron chi connectivity index (χ3n) is 8.61. The molecule has 1 aliphatic heterocycles. The van der Waals surface area contributed by atoms with E-state index in [4.69, 9.17) is 35.6 Å². The van der Waals surface area contributed by atoms with Crippen molar-refractivity contribution in [2.24, 2.45) is 0 Å². The molecule has 0 amide bonds. The first-order valence-corrected chi connectivity index (χ1v) is 17.2. The molecule has 6 rings (SSSR count). The quantitative estimate of drug-likeness (QED) is 0.165. The van der Waals surface area contributed by atoms with Gasteiger partial charge in [0.05, 0.1) is 56.3 Å². The zero-order chi connectivity index (χ0) is 33.3. The molecule has 4 aromatic rings. The SMILES string of the molecule is CC(C)OCCCOc1nn(C2CCC(N3CCOCC3)CC2)cc1Nc1ncc(-c2ccc(Cl)c(OC(C)Cn3cnnn3)c2)cn1. The molecule has 1 atom stereocenters. The van der Waals surface area contributed by atoms with Crippen LogP contribution in [0.2, 0.25) is 5.02 Å². The van der Waals surface area contributed by atoms with Crippen molar-refractivity contribution in [3.05, 3.63) is 48.1 Å². The second-order valence-corrected chi connectivity index (χ2v) is 13.0. The number of anilines is 2. The lowest BCUT2D eigenvalue weighted by atomic mass is 9.90. The molecule has 0 radical (unpaired) electrons. The molecule has 1 saturated carbocycles. The van der Waals surface area contributed by atoms with Crippen LogP contribution in [0.4, 0.5) is 11.6 Å². The minimum absolute atomic E-state index is 0.188. The maximum atomic E-state index is 6.46. The Hall–Kier alpha value is -3.85. The van der Waals surface area contributed by atoms with Crippen LogP contribution >= 0.6 is 11.6 Å². The smallest absolute Gasteiger partial charge is 0.256 e. The predicted molar refractivity (Wildman–Crippen MR) is 181 cm³/mol. The maximum absolute atomic E-state index is 6.46. The molecule has 1 aromatic carbocycles. The van der Waals surface area contributed by atoms with Crippen molar-refractivity contribution >= 4 is 23.2 Å². The molecular formula is C33H45ClN10O4. The summed E-state index contributed by atoms with van der Waals surface area (Å²) in [6, 6.07) is 6.53. The molecule has 1 unspecified atom stereocenters. The molecule has 48 heavy (non-hydrogen) atoms. The lowest BCUT2D eigenvalue weighted by Crippen LogP contribution is -2.45. The summed E-state index contributed by atoms with van der Waals surface area (Å²) < 4.78 is 27.2. The summed E-state index contributed by atoms with van der Waals surface area (Å²) in [5, 5.41) is 20.0. The molecule has 0 spiro atoms. The zero-order valence-corrected chi connectivity index (χ0v) is 28.6. The number of tetrazole rings is 1. The van der Waals surface area contributed by atoms with E-state index in [-0.39, 0.29) is 12.2 Å². The number of nitrogens with zero attached hydrogens (tertiary/aromatic N) is 9. The average molecular weight is 681 g/mol. The van der Waals surface area contributed by atoms with Gasteiger partial charge in [0, 0.05) is 43.5 Å². The van der Waals surface area contributed by atoms with Crippen LogP contribution in [0.1, 0.15) is 58.9 Å². The summed E-state index contributed by atoms with van der Waals surface area (Å²) in [5.41, 5.74) is 2.44. The monoisotopic (exact) mass is 680 g/mol. The van der Waals surface area contributed by atoms with Gasteiger partial charge in [0.15, 0.2) is 0 Å². The molecule has 258 valence electrons. The second kappa shape index (κ2) is 16.5. The molecule has 2 fully saturated rings. The number of hydrogen-bond acceptors (Lipinski definition) is 12. The van der Waals surface area contributed by atoms with E-state index in [0.717, 1.165) is 75.2 Å². The number of rotatable bonds is 15. The number of morpholine rings is 1. The third-order valence-corrected chi connectivity index (χ3v) is 8.92. The Bertz CT molecular complexity index is 1560. The van der Waals surface area contributed by atoms with Crippen LogP contribution in [0, 0.1) is 0 Å². The van der Waals surface area contributed by atoms with Crippen LogP contribution < -0.4 is 14.8 Å². The Morgan fingerprint density at radius 3 is 2.50 bits per heavy atom. The fraction of sp³-hybridized carbons (Fsp3) is 0.576. The van der Waals surface area contributed by atoms with E-state index in [1.807, 2.05) is 39.1 Å². The van der Waals surface area contributed by atoms with E-state index in [0.29, 0.717) is 54.4 Å². The molecule has 4 heterocycles. The van der Waals surface area contributed by atoms with Gasteiger partial charge in [0.25, 0.3) is 5.88 Å². The lowest BCUT2D eigenvalue weighted by molar-refractivity contribution is 0.00502. The minimum atomic E-state index is -0.205. The molecule has 15 heteroatoms. The Labute approximate surface area is 286 Å². The molecule has 14 nitrogen and oxygen atoms in total. The van der Waals surface area contributed by atoms with Crippen molar-refractivity contribution in [3.8, 4) is 22.8 Å². The van der Waals surface area contributed by atoms with Crippen LogP contribution in [-0.4, -0.2) is 103 Å². The number of nitrogens with one attached hydrogen (secondary N) is 1. The van der Waals surface area contributed by atoms with E-state index >= 15 is 0 Å². The zero-order valence-electron chi connectivity index (χ0n) is 27.9. The first kappa shape index (κ1) is 34.0. The Morgan fingerprint density at radius 2 is 1.77 bits per heavy atom.